The zero-order valence-electron chi connectivity index (χ0n) is 27.3. The van der Waals surface area contributed by atoms with Crippen LogP contribution in [0.1, 0.15) is 36.1 Å². The Labute approximate surface area is 288 Å². The molecule has 4 aromatic rings. The van der Waals surface area contributed by atoms with Crippen LogP contribution in [0.2, 0.25) is 10.0 Å². The number of rotatable bonds is 11. The van der Waals surface area contributed by atoms with Crippen molar-refractivity contribution in [2.75, 3.05) is 10.6 Å². The van der Waals surface area contributed by atoms with Crippen LogP contribution in [0.3, 0.4) is 0 Å². The summed E-state index contributed by atoms with van der Waals surface area (Å²) in [6, 6.07) is 18.6. The lowest BCUT2D eigenvalue weighted by Gasteiger charge is -2.13. The lowest BCUT2D eigenvalue weighted by Crippen LogP contribution is -2.32. The van der Waals surface area contributed by atoms with Crippen molar-refractivity contribution < 1.29 is 19.2 Å². The molecule has 0 saturated heterocycles. The van der Waals surface area contributed by atoms with E-state index in [1.165, 1.54) is 13.8 Å². The van der Waals surface area contributed by atoms with Crippen molar-refractivity contribution in [1.29, 1.82) is 0 Å². The molecule has 12 heteroatoms. The summed E-state index contributed by atoms with van der Waals surface area (Å²) in [5.41, 5.74) is 6.65. The van der Waals surface area contributed by atoms with Gasteiger partial charge in [-0.05, 0) is 99.7 Å². The Morgan fingerprint density at radius 1 is 0.604 bits per heavy atom. The van der Waals surface area contributed by atoms with E-state index in [-0.39, 0.29) is 15.7 Å². The molecule has 4 rings (SSSR count). The van der Waals surface area contributed by atoms with Crippen molar-refractivity contribution in [3.05, 3.63) is 105 Å². The molecule has 2 amide bonds. The number of halogens is 2. The third-order valence-electron chi connectivity index (χ3n) is 7.38. The minimum atomic E-state index is -1.39. The van der Waals surface area contributed by atoms with Gasteiger partial charge in [0.25, 0.3) is 11.8 Å². The van der Waals surface area contributed by atoms with Gasteiger partial charge in [-0.2, -0.15) is 20.5 Å². The fourth-order valence-electron chi connectivity index (χ4n) is 4.57. The van der Waals surface area contributed by atoms with E-state index < -0.39 is 35.5 Å². The Hall–Kier alpha value is -5.06. The van der Waals surface area contributed by atoms with E-state index in [0.29, 0.717) is 28.2 Å². The van der Waals surface area contributed by atoms with Crippen LogP contribution < -0.4 is 10.6 Å². The maximum absolute atomic E-state index is 12.9. The molecule has 4 aromatic carbocycles. The van der Waals surface area contributed by atoms with Crippen molar-refractivity contribution in [2.45, 2.75) is 53.6 Å². The van der Waals surface area contributed by atoms with Gasteiger partial charge in [-0.25, -0.2) is 0 Å². The fourth-order valence-corrected chi connectivity index (χ4v) is 5.04. The smallest absolute Gasteiger partial charge is 0.258 e. The third kappa shape index (κ3) is 8.84. The van der Waals surface area contributed by atoms with Gasteiger partial charge in [-0.3, -0.25) is 19.2 Å². The summed E-state index contributed by atoms with van der Waals surface area (Å²) in [7, 11) is 0. The monoisotopic (exact) mass is 684 g/mol. The van der Waals surface area contributed by atoms with Crippen LogP contribution in [-0.2, 0) is 19.2 Å². The van der Waals surface area contributed by atoms with E-state index in [2.05, 4.69) is 31.1 Å². The highest BCUT2D eigenvalue weighted by atomic mass is 35.5. The molecule has 0 fully saturated rings. The average molecular weight is 686 g/mol. The summed E-state index contributed by atoms with van der Waals surface area (Å²) < 4.78 is 0. The molecule has 0 aliphatic carbocycles. The highest BCUT2D eigenvalue weighted by Crippen LogP contribution is 2.40. The van der Waals surface area contributed by atoms with Crippen LogP contribution in [0.5, 0.6) is 0 Å². The quantitative estimate of drug-likeness (QED) is 0.120. The van der Waals surface area contributed by atoms with Gasteiger partial charge in [0.2, 0.25) is 12.1 Å². The topological polar surface area (TPSA) is 142 Å². The summed E-state index contributed by atoms with van der Waals surface area (Å²) in [6.07, 6.45) is 0. The summed E-state index contributed by atoms with van der Waals surface area (Å²) in [5.74, 6) is -2.14. The van der Waals surface area contributed by atoms with E-state index in [4.69, 9.17) is 23.2 Å². The Morgan fingerprint density at radius 2 is 1.08 bits per heavy atom. The van der Waals surface area contributed by atoms with E-state index in [1.54, 1.807) is 36.4 Å². The number of carbonyl (C=O) groups is 4. The molecule has 2 N–H and O–H groups in total. The molecule has 10 nitrogen and oxygen atoms in total. The number of ketones is 2. The van der Waals surface area contributed by atoms with Gasteiger partial charge in [-0.1, -0.05) is 65.7 Å². The molecule has 0 saturated carbocycles. The first kappa shape index (κ1) is 35.8. The van der Waals surface area contributed by atoms with E-state index in [0.717, 1.165) is 22.3 Å². The van der Waals surface area contributed by atoms with Crippen LogP contribution in [0.4, 0.5) is 22.7 Å². The number of amides is 2. The Morgan fingerprint density at radius 3 is 1.56 bits per heavy atom. The van der Waals surface area contributed by atoms with Gasteiger partial charge in [0.05, 0.1) is 15.7 Å². The number of benzene rings is 4. The van der Waals surface area contributed by atoms with Crippen molar-refractivity contribution in [3.8, 4) is 11.1 Å². The molecule has 0 heterocycles. The summed E-state index contributed by atoms with van der Waals surface area (Å²) in [4.78, 5) is 50.3. The first-order valence-corrected chi connectivity index (χ1v) is 15.7. The van der Waals surface area contributed by atoms with Crippen molar-refractivity contribution in [1.82, 2.24) is 0 Å². The highest BCUT2D eigenvalue weighted by Gasteiger charge is 2.25. The van der Waals surface area contributed by atoms with Crippen LogP contribution >= 0.6 is 23.2 Å². The molecule has 0 bridgehead atoms. The molecule has 0 aliphatic rings. The number of carbonyl (C=O) groups excluding carboxylic acids is 4. The van der Waals surface area contributed by atoms with Gasteiger partial charge in [0.1, 0.15) is 5.69 Å². The van der Waals surface area contributed by atoms with Gasteiger partial charge in [0, 0.05) is 16.9 Å². The molecule has 0 aromatic heterocycles. The second-order valence-electron chi connectivity index (χ2n) is 11.4. The number of hydrogen-bond donors (Lipinski definition) is 2. The number of nitrogens with zero attached hydrogens (tertiary/aromatic N) is 4. The van der Waals surface area contributed by atoms with Gasteiger partial charge in [0.15, 0.2) is 11.6 Å². The second kappa shape index (κ2) is 15.7. The summed E-state index contributed by atoms with van der Waals surface area (Å²) in [6.45, 7) is 10.1. The number of nitrogens with one attached hydrogen (secondary N) is 2. The van der Waals surface area contributed by atoms with Crippen LogP contribution in [0, 0.1) is 27.7 Å². The lowest BCUT2D eigenvalue weighted by atomic mass is 10.0. The van der Waals surface area contributed by atoms with Crippen LogP contribution in [-0.4, -0.2) is 35.5 Å². The molecule has 0 aliphatic heterocycles. The molecule has 48 heavy (non-hydrogen) atoms. The second-order valence-corrected chi connectivity index (χ2v) is 12.1. The minimum absolute atomic E-state index is 0.0816. The zero-order valence-corrected chi connectivity index (χ0v) is 28.8. The van der Waals surface area contributed by atoms with Gasteiger partial charge in [-0.15, -0.1) is 0 Å². The first-order chi connectivity index (χ1) is 22.7. The summed E-state index contributed by atoms with van der Waals surface area (Å²) in [5, 5.41) is 22.0. The molecular weight excluding hydrogens is 651 g/mol. The number of aryl methyl sites for hydroxylation is 4. The number of Topliss-reactive ketones (excluding diaryl/α,β-unsaturated/α-hetero) is 2. The van der Waals surface area contributed by atoms with E-state index in [1.807, 2.05) is 64.1 Å². The zero-order chi connectivity index (χ0) is 35.1. The Balaban J connectivity index is 1.48. The van der Waals surface area contributed by atoms with E-state index >= 15 is 0 Å². The SMILES string of the molecule is CC(=O)C(N=Nc1ccc(-c2ccc(N=NC(C(C)=O)C(=O)Nc3cc(C)ccc3C)c(Cl)c2Cl)cc1)C(=O)Nc1cc(C)ccc1C. The maximum atomic E-state index is 12.9. The number of hydrogen-bond acceptors (Lipinski definition) is 8. The normalized spacial score (nSPS) is 12.6. The molecule has 246 valence electrons. The fraction of sp³-hybridized carbons (Fsp3) is 0.222. The molecular formula is C36H34Cl2N6O4. The van der Waals surface area contributed by atoms with Crippen LogP contribution in [0.15, 0.2) is 93.3 Å². The Kier molecular flexibility index (Phi) is 11.7. The summed E-state index contributed by atoms with van der Waals surface area (Å²) >= 11 is 13.1. The highest BCUT2D eigenvalue weighted by molar-refractivity contribution is 6.45. The first-order valence-electron chi connectivity index (χ1n) is 14.9. The van der Waals surface area contributed by atoms with Gasteiger partial charge >= 0.3 is 0 Å². The predicted molar refractivity (Wildman–Crippen MR) is 189 cm³/mol. The molecule has 2 unspecified atom stereocenters. The Bertz CT molecular complexity index is 1960. The van der Waals surface area contributed by atoms with Crippen molar-refractivity contribution in [2.24, 2.45) is 20.5 Å². The van der Waals surface area contributed by atoms with Crippen LogP contribution in [0.25, 0.3) is 11.1 Å². The third-order valence-corrected chi connectivity index (χ3v) is 8.25. The standard InChI is InChI=1S/C36H34Cl2N6O4/c1-19-7-9-21(3)29(17-19)39-35(47)33(23(5)45)43-41-26-13-11-25(12-14-26)27-15-16-28(32(38)31(27)37)42-44-34(24(6)46)36(48)40-30-18-20(2)8-10-22(30)4/h7-18,33-34H,1-6H3,(H,39,47)(H,40,48). The maximum Gasteiger partial charge on any atom is 0.258 e. The van der Waals surface area contributed by atoms with Crippen molar-refractivity contribution in [3.63, 3.8) is 0 Å². The largest absolute Gasteiger partial charge is 0.324 e. The molecule has 0 radical (unpaired) electrons. The average Bonchev–Trinajstić information content (AvgIpc) is 3.03. The number of azo groups is 2. The molecule has 0 spiro atoms. The minimum Gasteiger partial charge on any atom is -0.324 e. The predicted octanol–water partition coefficient (Wildman–Crippen LogP) is 9.25. The van der Waals surface area contributed by atoms with E-state index in [9.17, 15) is 19.2 Å². The number of anilines is 2. The molecule has 2 atom stereocenters. The van der Waals surface area contributed by atoms with Crippen molar-refractivity contribution >= 4 is 69.3 Å². The lowest BCUT2D eigenvalue weighted by molar-refractivity contribution is -0.127. The van der Waals surface area contributed by atoms with Gasteiger partial charge < -0.3 is 10.6 Å².